The highest BCUT2D eigenvalue weighted by Crippen LogP contribution is 2.02. The van der Waals surface area contributed by atoms with Crippen molar-refractivity contribution in [3.05, 3.63) is 0 Å². The molecule has 2 aliphatic rings. The number of hydrogen-bond donors (Lipinski definition) is 2. The molecule has 0 spiro atoms. The van der Waals surface area contributed by atoms with Crippen LogP contribution in [-0.4, -0.2) is 114 Å². The van der Waals surface area contributed by atoms with Crippen LogP contribution in [0.15, 0.2) is 0 Å². The number of β-amino-alcohol motifs (C(OH)–C–C–N with tert-alkyl or cyclic N) is 2. The van der Waals surface area contributed by atoms with Gasteiger partial charge in [-0.05, 0) is 19.5 Å². The lowest BCUT2D eigenvalue weighted by molar-refractivity contribution is -0.533. The molecule has 2 N–H and O–H groups in total. The monoisotopic (exact) mass is 299 g/mol. The molecule has 21 heavy (non-hydrogen) atoms. The van der Waals surface area contributed by atoms with Crippen LogP contribution in [0.4, 0.5) is 0 Å². The Kier molecular flexibility index (Phi) is 7.43. The minimum Gasteiger partial charge on any atom is -0.395 e. The molecule has 0 aromatic carbocycles. The number of aliphatic hydroxyl groups is 2. The molecule has 0 aromatic heterocycles. The summed E-state index contributed by atoms with van der Waals surface area (Å²) < 4.78 is 2.41. The van der Waals surface area contributed by atoms with Crippen molar-refractivity contribution in [3.8, 4) is 0 Å². The molecule has 0 radical (unpaired) electrons. The summed E-state index contributed by atoms with van der Waals surface area (Å²) in [5.74, 6) is 0. The maximum absolute atomic E-state index is 9.20. The Morgan fingerprint density at radius 1 is 0.762 bits per heavy atom. The summed E-state index contributed by atoms with van der Waals surface area (Å²) in [7, 11) is 0. The highest BCUT2D eigenvalue weighted by molar-refractivity contribution is 5.49. The van der Waals surface area contributed by atoms with E-state index in [0.29, 0.717) is 0 Å². The van der Waals surface area contributed by atoms with Crippen LogP contribution in [0.1, 0.15) is 12.8 Å². The van der Waals surface area contributed by atoms with Gasteiger partial charge >= 0.3 is 0 Å². The van der Waals surface area contributed by atoms with Crippen LogP contribution in [0.25, 0.3) is 0 Å². The molecule has 0 amide bonds. The number of fused-ring (bicyclic) bond motifs is 1. The zero-order valence-corrected chi connectivity index (χ0v) is 13.2. The zero-order chi connectivity index (χ0) is 14.9. The van der Waals surface area contributed by atoms with Gasteiger partial charge in [0.15, 0.2) is 0 Å². The summed E-state index contributed by atoms with van der Waals surface area (Å²) >= 11 is 0. The molecule has 122 valence electrons. The van der Waals surface area contributed by atoms with Gasteiger partial charge in [0, 0.05) is 32.6 Å². The van der Waals surface area contributed by atoms with Crippen LogP contribution >= 0.6 is 0 Å². The molecular weight excluding hydrogens is 268 g/mol. The van der Waals surface area contributed by atoms with Crippen LogP contribution in [0.5, 0.6) is 0 Å². The second-order valence-corrected chi connectivity index (χ2v) is 6.03. The van der Waals surface area contributed by atoms with Crippen LogP contribution in [-0.2, 0) is 0 Å². The fraction of sp³-hybridized carbons (Fsp3) is 0.933. The molecule has 2 rings (SSSR count). The molecule has 0 unspecified atom stereocenters. The summed E-state index contributed by atoms with van der Waals surface area (Å²) in [5.41, 5.74) is 0. The van der Waals surface area contributed by atoms with E-state index in [0.717, 1.165) is 71.9 Å². The predicted molar refractivity (Wildman–Crippen MR) is 83.9 cm³/mol. The molecule has 2 bridgehead atoms. The standard InChI is InChI=1S/C15H31N4O2/c20-13-11-16-3-1-4-17(12-14-21)8-10-19-6-2-5-18(15-19)9-7-16/h15,20-21H,1-14H2/q+1. The first-order valence-corrected chi connectivity index (χ1v) is 8.31. The lowest BCUT2D eigenvalue weighted by Crippen LogP contribution is -2.45. The molecule has 2 aliphatic heterocycles. The van der Waals surface area contributed by atoms with E-state index in [4.69, 9.17) is 0 Å². The summed E-state index contributed by atoms with van der Waals surface area (Å²) in [6.45, 7) is 10.5. The van der Waals surface area contributed by atoms with Crippen molar-refractivity contribution < 1.29 is 14.8 Å². The van der Waals surface area contributed by atoms with Gasteiger partial charge in [-0.2, -0.15) is 0 Å². The van der Waals surface area contributed by atoms with E-state index in [1.54, 1.807) is 0 Å². The first-order chi connectivity index (χ1) is 10.3. The summed E-state index contributed by atoms with van der Waals surface area (Å²) in [6.07, 6.45) is 4.60. The Balaban J connectivity index is 1.98. The number of nitrogens with zero attached hydrogens (tertiary/aromatic N) is 4. The minimum atomic E-state index is 0.232. The highest BCUT2D eigenvalue weighted by Gasteiger charge is 2.19. The first-order valence-electron chi connectivity index (χ1n) is 8.31. The predicted octanol–water partition coefficient (Wildman–Crippen LogP) is -1.27. The Morgan fingerprint density at radius 3 is 2.19 bits per heavy atom. The van der Waals surface area contributed by atoms with E-state index in [9.17, 15) is 10.2 Å². The number of aliphatic hydroxyl groups excluding tert-OH is 2. The zero-order valence-electron chi connectivity index (χ0n) is 13.2. The molecule has 6 nitrogen and oxygen atoms in total. The third kappa shape index (κ3) is 5.90. The van der Waals surface area contributed by atoms with Gasteiger partial charge in [-0.25, -0.2) is 0 Å². The number of hydrogen-bond acceptors (Lipinski definition) is 5. The largest absolute Gasteiger partial charge is 0.395 e. The highest BCUT2D eigenvalue weighted by atomic mass is 16.3. The maximum atomic E-state index is 9.20. The van der Waals surface area contributed by atoms with Crippen molar-refractivity contribution in [3.63, 3.8) is 0 Å². The van der Waals surface area contributed by atoms with Gasteiger partial charge in [0.05, 0.1) is 39.4 Å². The van der Waals surface area contributed by atoms with Crippen LogP contribution < -0.4 is 0 Å². The third-order valence-electron chi connectivity index (χ3n) is 4.41. The van der Waals surface area contributed by atoms with Crippen LogP contribution in [0.3, 0.4) is 0 Å². The molecule has 0 fully saturated rings. The molecule has 0 aromatic rings. The third-order valence-corrected chi connectivity index (χ3v) is 4.41. The van der Waals surface area contributed by atoms with E-state index in [2.05, 4.69) is 25.6 Å². The minimum absolute atomic E-state index is 0.232. The smallest absolute Gasteiger partial charge is 0.234 e. The van der Waals surface area contributed by atoms with E-state index in [-0.39, 0.29) is 13.2 Å². The Morgan fingerprint density at radius 2 is 1.48 bits per heavy atom. The van der Waals surface area contributed by atoms with E-state index < -0.39 is 0 Å². The molecule has 0 saturated heterocycles. The first kappa shape index (κ1) is 16.7. The van der Waals surface area contributed by atoms with Crippen molar-refractivity contribution >= 4 is 6.34 Å². The van der Waals surface area contributed by atoms with Crippen molar-refractivity contribution in [1.82, 2.24) is 14.7 Å². The van der Waals surface area contributed by atoms with Gasteiger partial charge in [0.25, 0.3) is 0 Å². The average molecular weight is 299 g/mol. The van der Waals surface area contributed by atoms with Crippen molar-refractivity contribution in [2.24, 2.45) is 0 Å². The summed E-state index contributed by atoms with van der Waals surface area (Å²) in [5, 5.41) is 18.4. The van der Waals surface area contributed by atoms with Gasteiger partial charge < -0.3 is 10.2 Å². The molecule has 0 atom stereocenters. The van der Waals surface area contributed by atoms with Crippen molar-refractivity contribution in [1.29, 1.82) is 0 Å². The topological polar surface area (TPSA) is 53.2 Å². The van der Waals surface area contributed by atoms with Gasteiger partial charge in [-0.15, -0.1) is 0 Å². The quantitative estimate of drug-likeness (QED) is 0.634. The molecule has 0 aliphatic carbocycles. The molecular formula is C15H31N4O2+. The lowest BCUT2D eigenvalue weighted by Gasteiger charge is -2.29. The van der Waals surface area contributed by atoms with Gasteiger partial charge in [-0.1, -0.05) is 0 Å². The second-order valence-electron chi connectivity index (χ2n) is 6.03. The van der Waals surface area contributed by atoms with Gasteiger partial charge in [0.1, 0.15) is 0 Å². The molecule has 0 saturated carbocycles. The molecule has 6 heteroatoms. The lowest BCUT2D eigenvalue weighted by atomic mass is 10.2. The maximum Gasteiger partial charge on any atom is 0.234 e. The average Bonchev–Trinajstić information content (AvgIpc) is 2.49. The van der Waals surface area contributed by atoms with Gasteiger partial charge in [0.2, 0.25) is 6.34 Å². The Labute approximate surface area is 128 Å². The Bertz CT molecular complexity index is 325. The fourth-order valence-electron chi connectivity index (χ4n) is 3.17. The van der Waals surface area contributed by atoms with Crippen molar-refractivity contribution in [2.75, 3.05) is 78.7 Å². The van der Waals surface area contributed by atoms with Crippen LogP contribution in [0.2, 0.25) is 0 Å². The Hall–Kier alpha value is -0.690. The van der Waals surface area contributed by atoms with Gasteiger partial charge in [-0.3, -0.25) is 19.3 Å². The van der Waals surface area contributed by atoms with E-state index >= 15 is 0 Å². The number of rotatable bonds is 4. The van der Waals surface area contributed by atoms with E-state index in [1.165, 1.54) is 6.42 Å². The van der Waals surface area contributed by atoms with E-state index in [1.807, 2.05) is 0 Å². The SMILES string of the molecule is OCCN1CCCN(CCO)CC[N+]2=CN(CCC2)CC1. The second kappa shape index (κ2) is 9.35. The normalized spacial score (nSPS) is 23.3. The van der Waals surface area contributed by atoms with Crippen molar-refractivity contribution in [2.45, 2.75) is 12.8 Å². The summed E-state index contributed by atoms with van der Waals surface area (Å²) in [4.78, 5) is 7.11. The molecule has 2 heterocycles. The summed E-state index contributed by atoms with van der Waals surface area (Å²) in [6, 6.07) is 0. The van der Waals surface area contributed by atoms with Crippen LogP contribution in [0, 0.1) is 0 Å². The fourth-order valence-corrected chi connectivity index (χ4v) is 3.17.